The predicted molar refractivity (Wildman–Crippen MR) is 97.8 cm³/mol. The molecule has 128 valence electrons. The molecule has 2 atom stereocenters. The Morgan fingerprint density at radius 2 is 2.04 bits per heavy atom. The lowest BCUT2D eigenvalue weighted by Gasteiger charge is -2.32. The van der Waals surface area contributed by atoms with E-state index in [-0.39, 0.29) is 0 Å². The van der Waals surface area contributed by atoms with Crippen molar-refractivity contribution in [2.75, 3.05) is 6.54 Å². The van der Waals surface area contributed by atoms with Crippen LogP contribution in [-0.4, -0.2) is 16.7 Å². The molecule has 0 bridgehead atoms. The molecule has 0 radical (unpaired) electrons. The van der Waals surface area contributed by atoms with E-state index in [4.69, 9.17) is 16.1 Å². The Morgan fingerprint density at radius 1 is 1.20 bits per heavy atom. The predicted octanol–water partition coefficient (Wildman–Crippen LogP) is 3.54. The minimum absolute atomic E-state index is 0.598. The number of fused-ring (bicyclic) bond motifs is 1. The van der Waals surface area contributed by atoms with Gasteiger partial charge in [-0.2, -0.15) is 4.98 Å². The van der Waals surface area contributed by atoms with Gasteiger partial charge in [-0.1, -0.05) is 16.8 Å². The van der Waals surface area contributed by atoms with Crippen LogP contribution in [0.15, 0.2) is 40.2 Å². The number of benzene rings is 1. The van der Waals surface area contributed by atoms with E-state index in [0.717, 1.165) is 36.9 Å². The molecule has 1 unspecified atom stereocenters. The Kier molecular flexibility index (Phi) is 3.88. The maximum atomic E-state index is 5.95. The van der Waals surface area contributed by atoms with Gasteiger partial charge in [0.15, 0.2) is 6.54 Å². The fourth-order valence-electron chi connectivity index (χ4n) is 3.93. The molecule has 1 fully saturated rings. The standard InChI is InChI=1S/C19H18ClN3OS/c20-14-5-3-13(4-6-14)19-21-17(24-22-19)11-23-9-7-16-15(8-10-25-16)18(23)12-1-2-12/h3-6,8,10,12,18H,1-2,7,9,11H2/p+1/t18-/m1/s1. The van der Waals surface area contributed by atoms with E-state index in [0.29, 0.717) is 16.9 Å². The Labute approximate surface area is 155 Å². The third-order valence-electron chi connectivity index (χ3n) is 5.27. The molecule has 0 spiro atoms. The molecule has 6 heteroatoms. The summed E-state index contributed by atoms with van der Waals surface area (Å²) in [6.45, 7) is 1.95. The van der Waals surface area contributed by atoms with Crippen molar-refractivity contribution >= 4 is 22.9 Å². The lowest BCUT2D eigenvalue weighted by atomic mass is 9.96. The monoisotopic (exact) mass is 372 g/mol. The summed E-state index contributed by atoms with van der Waals surface area (Å²) in [5.74, 6) is 2.19. The van der Waals surface area contributed by atoms with Gasteiger partial charge in [0.25, 0.3) is 5.89 Å². The molecule has 0 amide bonds. The zero-order valence-corrected chi connectivity index (χ0v) is 15.3. The maximum absolute atomic E-state index is 5.95. The van der Waals surface area contributed by atoms with Crippen molar-refractivity contribution in [2.24, 2.45) is 5.92 Å². The fourth-order valence-corrected chi connectivity index (χ4v) is 4.99. The van der Waals surface area contributed by atoms with Crippen LogP contribution < -0.4 is 4.90 Å². The van der Waals surface area contributed by atoms with Crippen molar-refractivity contribution in [2.45, 2.75) is 31.8 Å². The Morgan fingerprint density at radius 3 is 2.84 bits per heavy atom. The van der Waals surface area contributed by atoms with Gasteiger partial charge in [-0.3, -0.25) is 0 Å². The Hall–Kier alpha value is -1.69. The second-order valence-corrected chi connectivity index (χ2v) is 8.40. The minimum atomic E-state index is 0.598. The number of hydrogen-bond donors (Lipinski definition) is 1. The number of quaternary nitrogens is 1. The van der Waals surface area contributed by atoms with E-state index in [1.807, 2.05) is 35.6 Å². The zero-order valence-electron chi connectivity index (χ0n) is 13.7. The van der Waals surface area contributed by atoms with Crippen molar-refractivity contribution in [1.82, 2.24) is 10.1 Å². The number of halogens is 1. The first-order valence-corrected chi connectivity index (χ1v) is 10.0. The Bertz CT molecular complexity index is 884. The topological polar surface area (TPSA) is 43.4 Å². The second-order valence-electron chi connectivity index (χ2n) is 6.97. The first kappa shape index (κ1) is 15.6. The molecule has 0 saturated heterocycles. The van der Waals surface area contributed by atoms with E-state index in [9.17, 15) is 0 Å². The highest BCUT2D eigenvalue weighted by molar-refractivity contribution is 7.10. The molecule has 2 aromatic heterocycles. The largest absolute Gasteiger partial charge is 0.333 e. The van der Waals surface area contributed by atoms with Gasteiger partial charge >= 0.3 is 0 Å². The number of nitrogens with one attached hydrogen (secondary N) is 1. The smallest absolute Gasteiger partial charge is 0.282 e. The molecule has 3 heterocycles. The van der Waals surface area contributed by atoms with Crippen molar-refractivity contribution in [3.63, 3.8) is 0 Å². The lowest BCUT2D eigenvalue weighted by molar-refractivity contribution is -0.950. The quantitative estimate of drug-likeness (QED) is 0.761. The first-order valence-electron chi connectivity index (χ1n) is 8.77. The van der Waals surface area contributed by atoms with Crippen LogP contribution in [0.1, 0.15) is 35.2 Å². The molecule has 2 aliphatic rings. The first-order chi connectivity index (χ1) is 12.3. The molecule has 1 aliphatic carbocycles. The van der Waals surface area contributed by atoms with Gasteiger partial charge < -0.3 is 9.42 Å². The molecule has 3 aromatic rings. The van der Waals surface area contributed by atoms with Crippen molar-refractivity contribution in [1.29, 1.82) is 0 Å². The van der Waals surface area contributed by atoms with Crippen molar-refractivity contribution in [3.05, 3.63) is 57.1 Å². The van der Waals surface area contributed by atoms with Crippen molar-refractivity contribution < 1.29 is 9.42 Å². The number of nitrogens with zero attached hydrogens (tertiary/aromatic N) is 2. The van der Waals surface area contributed by atoms with Gasteiger partial charge in [0, 0.05) is 33.4 Å². The number of hydrogen-bond acceptors (Lipinski definition) is 4. The summed E-state index contributed by atoms with van der Waals surface area (Å²) >= 11 is 7.86. The van der Waals surface area contributed by atoms with E-state index in [2.05, 4.69) is 21.6 Å². The Balaban J connectivity index is 1.38. The highest BCUT2D eigenvalue weighted by Gasteiger charge is 2.43. The van der Waals surface area contributed by atoms with Gasteiger partial charge in [0.1, 0.15) is 6.04 Å². The van der Waals surface area contributed by atoms with E-state index < -0.39 is 0 Å². The van der Waals surface area contributed by atoms with Crippen LogP contribution in [0, 0.1) is 5.92 Å². The molecule has 1 aromatic carbocycles. The maximum Gasteiger partial charge on any atom is 0.282 e. The van der Waals surface area contributed by atoms with Crippen LogP contribution >= 0.6 is 22.9 Å². The fraction of sp³-hybridized carbons (Fsp3) is 0.368. The summed E-state index contributed by atoms with van der Waals surface area (Å²) in [5, 5.41) is 7.12. The zero-order chi connectivity index (χ0) is 16.8. The molecule has 1 saturated carbocycles. The van der Waals surface area contributed by atoms with Gasteiger partial charge in [0.05, 0.1) is 6.54 Å². The SMILES string of the molecule is Clc1ccc(-c2noc(C[NH+]3CCc4sccc4[C@H]3C3CC3)n2)cc1. The van der Waals surface area contributed by atoms with Crippen LogP contribution in [-0.2, 0) is 13.0 Å². The normalized spacial score (nSPS) is 22.8. The van der Waals surface area contributed by atoms with E-state index in [1.54, 1.807) is 15.3 Å². The van der Waals surface area contributed by atoms with Gasteiger partial charge in [-0.05, 0) is 48.6 Å². The lowest BCUT2D eigenvalue weighted by Crippen LogP contribution is -3.12. The van der Waals surface area contributed by atoms with E-state index >= 15 is 0 Å². The van der Waals surface area contributed by atoms with Crippen molar-refractivity contribution in [3.8, 4) is 11.4 Å². The summed E-state index contributed by atoms with van der Waals surface area (Å²) in [6.07, 6.45) is 3.86. The van der Waals surface area contributed by atoms with Gasteiger partial charge in [0.2, 0.25) is 5.82 Å². The number of thiophene rings is 1. The number of aromatic nitrogens is 2. The van der Waals surface area contributed by atoms with E-state index in [1.165, 1.54) is 12.8 Å². The molecule has 4 nitrogen and oxygen atoms in total. The van der Waals surface area contributed by atoms with Crippen LogP contribution in [0.5, 0.6) is 0 Å². The molecule has 25 heavy (non-hydrogen) atoms. The minimum Gasteiger partial charge on any atom is -0.333 e. The summed E-state index contributed by atoms with van der Waals surface area (Å²) in [6, 6.07) is 10.5. The van der Waals surface area contributed by atoms with Gasteiger partial charge in [-0.15, -0.1) is 11.3 Å². The second kappa shape index (κ2) is 6.24. The molecule has 1 N–H and O–H groups in total. The molecular weight excluding hydrogens is 354 g/mol. The third kappa shape index (κ3) is 3.01. The average molecular weight is 373 g/mol. The van der Waals surface area contributed by atoms with Crippen LogP contribution in [0.25, 0.3) is 11.4 Å². The van der Waals surface area contributed by atoms with Crippen LogP contribution in [0.3, 0.4) is 0 Å². The summed E-state index contributed by atoms with van der Waals surface area (Å²) < 4.78 is 5.56. The van der Waals surface area contributed by atoms with Crippen LogP contribution in [0.4, 0.5) is 0 Å². The molecule has 5 rings (SSSR count). The summed E-state index contributed by atoms with van der Waals surface area (Å²) in [7, 11) is 0. The number of rotatable bonds is 4. The highest BCUT2D eigenvalue weighted by Crippen LogP contribution is 2.42. The summed E-state index contributed by atoms with van der Waals surface area (Å²) in [5.41, 5.74) is 2.50. The van der Waals surface area contributed by atoms with Gasteiger partial charge in [-0.25, -0.2) is 0 Å². The average Bonchev–Trinajstić information content (AvgIpc) is 3.15. The van der Waals surface area contributed by atoms with Crippen LogP contribution in [0.2, 0.25) is 5.02 Å². The molecule has 1 aliphatic heterocycles. The summed E-state index contributed by atoms with van der Waals surface area (Å²) in [4.78, 5) is 7.77. The highest BCUT2D eigenvalue weighted by atomic mass is 35.5. The third-order valence-corrected chi connectivity index (χ3v) is 6.52. The molecular formula is C19H19ClN3OS+.